The quantitative estimate of drug-likeness (QED) is 0.896. The fourth-order valence-corrected chi connectivity index (χ4v) is 2.50. The van der Waals surface area contributed by atoms with Crippen LogP contribution in [0, 0.1) is 0 Å². The van der Waals surface area contributed by atoms with Crippen molar-refractivity contribution in [3.63, 3.8) is 0 Å². The zero-order chi connectivity index (χ0) is 16.7. The number of nitrogens with one attached hydrogen (secondary N) is 2. The largest absolute Gasteiger partial charge is 0.445 e. The van der Waals surface area contributed by atoms with Crippen molar-refractivity contribution in [2.45, 2.75) is 45.4 Å². The Labute approximate surface area is 137 Å². The lowest BCUT2D eigenvalue weighted by Crippen LogP contribution is -2.50. The molecular formula is C17H25N3O3. The Bertz CT molecular complexity index is 511. The molecule has 1 aliphatic heterocycles. The van der Waals surface area contributed by atoms with E-state index in [-0.39, 0.29) is 24.7 Å². The van der Waals surface area contributed by atoms with Crippen LogP contribution < -0.4 is 10.6 Å². The number of rotatable bonds is 4. The number of ether oxygens (including phenoxy) is 1. The molecule has 0 aliphatic carbocycles. The van der Waals surface area contributed by atoms with E-state index in [9.17, 15) is 9.59 Å². The van der Waals surface area contributed by atoms with E-state index in [0.717, 1.165) is 18.4 Å². The van der Waals surface area contributed by atoms with Gasteiger partial charge in [0.1, 0.15) is 6.61 Å². The molecule has 3 amide bonds. The maximum Gasteiger partial charge on any atom is 0.407 e. The minimum absolute atomic E-state index is 0.0369. The summed E-state index contributed by atoms with van der Waals surface area (Å²) < 4.78 is 5.21. The Morgan fingerprint density at radius 3 is 2.48 bits per heavy atom. The van der Waals surface area contributed by atoms with Crippen molar-refractivity contribution >= 4 is 12.1 Å². The molecule has 0 atom stereocenters. The summed E-state index contributed by atoms with van der Waals surface area (Å²) in [5, 5.41) is 5.75. The molecule has 2 N–H and O–H groups in total. The standard InChI is InChI=1S/C17H25N3O3/c1-13(2)18-16(21)20-10-8-15(9-11-20)19-17(22)23-12-14-6-4-3-5-7-14/h3-7,13,15H,8-12H2,1-2H3,(H,18,21)(H,19,22). The second kappa shape index (κ2) is 8.41. The molecule has 1 aromatic carbocycles. The average Bonchev–Trinajstić information content (AvgIpc) is 2.54. The first-order valence-corrected chi connectivity index (χ1v) is 8.07. The highest BCUT2D eigenvalue weighted by molar-refractivity contribution is 5.74. The van der Waals surface area contributed by atoms with Crippen molar-refractivity contribution in [3.05, 3.63) is 35.9 Å². The highest BCUT2D eigenvalue weighted by atomic mass is 16.5. The molecule has 6 heteroatoms. The Balaban J connectivity index is 1.67. The van der Waals surface area contributed by atoms with Crippen LogP contribution in [0.5, 0.6) is 0 Å². The summed E-state index contributed by atoms with van der Waals surface area (Å²) >= 11 is 0. The Hall–Kier alpha value is -2.24. The van der Waals surface area contributed by atoms with Crippen LogP contribution in [0.4, 0.5) is 9.59 Å². The van der Waals surface area contributed by atoms with Crippen LogP contribution in [0.15, 0.2) is 30.3 Å². The van der Waals surface area contributed by atoms with Crippen molar-refractivity contribution in [2.24, 2.45) is 0 Å². The molecule has 6 nitrogen and oxygen atoms in total. The molecule has 0 bridgehead atoms. The van der Waals surface area contributed by atoms with Gasteiger partial charge in [-0.1, -0.05) is 30.3 Å². The molecule has 23 heavy (non-hydrogen) atoms. The molecule has 1 heterocycles. The lowest BCUT2D eigenvalue weighted by Gasteiger charge is -2.32. The molecule has 1 aromatic rings. The molecule has 2 rings (SSSR count). The van der Waals surface area contributed by atoms with E-state index >= 15 is 0 Å². The molecule has 0 spiro atoms. The number of piperidine rings is 1. The first-order valence-electron chi connectivity index (χ1n) is 8.07. The van der Waals surface area contributed by atoms with Crippen LogP contribution in [-0.4, -0.2) is 42.2 Å². The van der Waals surface area contributed by atoms with Gasteiger partial charge in [0, 0.05) is 25.2 Å². The monoisotopic (exact) mass is 319 g/mol. The van der Waals surface area contributed by atoms with Gasteiger partial charge in [0.15, 0.2) is 0 Å². The molecule has 1 aliphatic rings. The Morgan fingerprint density at radius 1 is 1.22 bits per heavy atom. The van der Waals surface area contributed by atoms with Gasteiger partial charge in [0.25, 0.3) is 0 Å². The van der Waals surface area contributed by atoms with Crippen LogP contribution in [0.2, 0.25) is 0 Å². The van der Waals surface area contributed by atoms with Gasteiger partial charge in [-0.25, -0.2) is 9.59 Å². The van der Waals surface area contributed by atoms with Crippen LogP contribution in [0.25, 0.3) is 0 Å². The van der Waals surface area contributed by atoms with Gasteiger partial charge in [-0.15, -0.1) is 0 Å². The van der Waals surface area contributed by atoms with Crippen LogP contribution in [0.3, 0.4) is 0 Å². The van der Waals surface area contributed by atoms with E-state index in [1.165, 1.54) is 0 Å². The zero-order valence-electron chi connectivity index (χ0n) is 13.7. The molecule has 126 valence electrons. The average molecular weight is 319 g/mol. The number of amides is 3. The van der Waals surface area contributed by atoms with E-state index in [1.54, 1.807) is 4.90 Å². The third-order valence-corrected chi connectivity index (χ3v) is 3.73. The fraction of sp³-hybridized carbons (Fsp3) is 0.529. The molecule has 0 aromatic heterocycles. The van der Waals surface area contributed by atoms with Gasteiger partial charge < -0.3 is 20.3 Å². The zero-order valence-corrected chi connectivity index (χ0v) is 13.7. The van der Waals surface area contributed by atoms with Crippen LogP contribution in [-0.2, 0) is 11.3 Å². The summed E-state index contributed by atoms with van der Waals surface area (Å²) in [6.07, 6.45) is 1.08. The number of carbonyl (C=O) groups excluding carboxylic acids is 2. The molecule has 0 saturated carbocycles. The first kappa shape index (κ1) is 17.1. The Kier molecular flexibility index (Phi) is 6.26. The van der Waals surface area contributed by atoms with Crippen molar-refractivity contribution in [1.82, 2.24) is 15.5 Å². The third-order valence-electron chi connectivity index (χ3n) is 3.73. The number of urea groups is 1. The molecule has 1 saturated heterocycles. The minimum atomic E-state index is -0.404. The highest BCUT2D eigenvalue weighted by Crippen LogP contribution is 2.11. The van der Waals surface area contributed by atoms with E-state index in [0.29, 0.717) is 13.1 Å². The lowest BCUT2D eigenvalue weighted by molar-refractivity contribution is 0.128. The lowest BCUT2D eigenvalue weighted by atomic mass is 10.1. The number of hydrogen-bond donors (Lipinski definition) is 2. The number of alkyl carbamates (subject to hydrolysis) is 1. The first-order chi connectivity index (χ1) is 11.0. The summed E-state index contributed by atoms with van der Waals surface area (Å²) in [5.41, 5.74) is 0.961. The van der Waals surface area contributed by atoms with Gasteiger partial charge in [0.05, 0.1) is 0 Å². The summed E-state index contributed by atoms with van der Waals surface area (Å²) in [6.45, 7) is 5.43. The van der Waals surface area contributed by atoms with Crippen molar-refractivity contribution < 1.29 is 14.3 Å². The highest BCUT2D eigenvalue weighted by Gasteiger charge is 2.24. The maximum atomic E-state index is 11.9. The van der Waals surface area contributed by atoms with Crippen molar-refractivity contribution in [2.75, 3.05) is 13.1 Å². The summed E-state index contributed by atoms with van der Waals surface area (Å²) in [4.78, 5) is 25.5. The van der Waals surface area contributed by atoms with Crippen LogP contribution >= 0.6 is 0 Å². The summed E-state index contributed by atoms with van der Waals surface area (Å²) in [5.74, 6) is 0. The molecule has 0 unspecified atom stereocenters. The van der Waals surface area contributed by atoms with Crippen LogP contribution in [0.1, 0.15) is 32.3 Å². The predicted octanol–water partition coefficient (Wildman–Crippen LogP) is 2.50. The third kappa shape index (κ3) is 5.81. The number of carbonyl (C=O) groups is 2. The normalized spacial score (nSPS) is 15.3. The number of likely N-dealkylation sites (tertiary alicyclic amines) is 1. The molecule has 1 fully saturated rings. The second-order valence-corrected chi connectivity index (χ2v) is 6.07. The number of hydrogen-bond acceptors (Lipinski definition) is 3. The fourth-order valence-electron chi connectivity index (χ4n) is 2.50. The molecule has 0 radical (unpaired) electrons. The smallest absolute Gasteiger partial charge is 0.407 e. The van der Waals surface area contributed by atoms with E-state index in [2.05, 4.69) is 10.6 Å². The van der Waals surface area contributed by atoms with Gasteiger partial charge in [-0.3, -0.25) is 0 Å². The minimum Gasteiger partial charge on any atom is -0.445 e. The number of nitrogens with zero attached hydrogens (tertiary/aromatic N) is 1. The molecular weight excluding hydrogens is 294 g/mol. The Morgan fingerprint density at radius 2 is 1.87 bits per heavy atom. The number of benzene rings is 1. The summed E-state index contributed by atoms with van der Waals surface area (Å²) in [7, 11) is 0. The van der Waals surface area contributed by atoms with E-state index in [1.807, 2.05) is 44.2 Å². The van der Waals surface area contributed by atoms with Gasteiger partial charge in [0.2, 0.25) is 0 Å². The topological polar surface area (TPSA) is 70.7 Å². The van der Waals surface area contributed by atoms with Gasteiger partial charge >= 0.3 is 12.1 Å². The predicted molar refractivity (Wildman–Crippen MR) is 88.0 cm³/mol. The van der Waals surface area contributed by atoms with E-state index in [4.69, 9.17) is 4.74 Å². The second-order valence-electron chi connectivity index (χ2n) is 6.07. The van der Waals surface area contributed by atoms with Gasteiger partial charge in [-0.2, -0.15) is 0 Å². The van der Waals surface area contributed by atoms with Crippen molar-refractivity contribution in [1.29, 1.82) is 0 Å². The van der Waals surface area contributed by atoms with Crippen molar-refractivity contribution in [3.8, 4) is 0 Å². The SMILES string of the molecule is CC(C)NC(=O)N1CCC(NC(=O)OCc2ccccc2)CC1. The van der Waals surface area contributed by atoms with Gasteiger partial charge in [-0.05, 0) is 32.3 Å². The maximum absolute atomic E-state index is 11.9. The summed E-state index contributed by atoms with van der Waals surface area (Å²) in [6, 6.07) is 9.73. The van der Waals surface area contributed by atoms with E-state index < -0.39 is 6.09 Å².